The largest absolute Gasteiger partial charge is 0.325 e. The first kappa shape index (κ1) is 21.2. The van der Waals surface area contributed by atoms with E-state index in [4.69, 9.17) is 0 Å². The minimum atomic E-state index is -3.51. The molecule has 1 saturated heterocycles. The molecule has 0 bridgehead atoms. The summed E-state index contributed by atoms with van der Waals surface area (Å²) in [5, 5.41) is 4.01. The Hall–Kier alpha value is -3.01. The summed E-state index contributed by atoms with van der Waals surface area (Å²) in [6.07, 6.45) is 1.59. The molecule has 8 nitrogen and oxygen atoms in total. The highest BCUT2D eigenvalue weighted by Gasteiger charge is 2.32. The number of anilines is 2. The van der Waals surface area contributed by atoms with Gasteiger partial charge in [0.25, 0.3) is 5.91 Å². The molecule has 0 saturated carbocycles. The van der Waals surface area contributed by atoms with Crippen LogP contribution >= 0.6 is 0 Å². The van der Waals surface area contributed by atoms with Crippen LogP contribution in [0, 0.1) is 0 Å². The zero-order valence-corrected chi connectivity index (χ0v) is 17.8. The standard InChI is InChI=1S/C22H24N4O4S/c27-21-16-26(20-9-5-4-8-19(20)23-21)22(28)17-24-11-13-25(14-12-24)31(29,30)15-10-18-6-2-1-3-7-18/h1-10,15H,11-14,16-17H2,(H,23,27)/p+1/b15-10+. The van der Waals surface area contributed by atoms with E-state index >= 15 is 0 Å². The quantitative estimate of drug-likeness (QED) is 0.692. The van der Waals surface area contributed by atoms with Crippen molar-refractivity contribution in [2.75, 3.05) is 49.5 Å². The van der Waals surface area contributed by atoms with E-state index in [2.05, 4.69) is 5.32 Å². The summed E-state index contributed by atoms with van der Waals surface area (Å²) in [5.41, 5.74) is 2.15. The summed E-state index contributed by atoms with van der Waals surface area (Å²) in [5.74, 6) is -0.360. The van der Waals surface area contributed by atoms with Gasteiger partial charge < -0.3 is 10.2 Å². The third kappa shape index (κ3) is 5.01. The molecule has 9 heteroatoms. The molecule has 2 amide bonds. The maximum atomic E-state index is 12.9. The number of carbonyl (C=O) groups excluding carboxylic acids is 2. The molecule has 0 aromatic heterocycles. The number of sulfonamides is 1. The number of quaternary nitrogens is 1. The second-order valence-electron chi connectivity index (χ2n) is 7.63. The summed E-state index contributed by atoms with van der Waals surface area (Å²) in [6, 6.07) is 16.5. The topological polar surface area (TPSA) is 91.2 Å². The maximum Gasteiger partial charge on any atom is 0.282 e. The van der Waals surface area contributed by atoms with Crippen LogP contribution in [0.25, 0.3) is 6.08 Å². The lowest BCUT2D eigenvalue weighted by Gasteiger charge is -2.33. The van der Waals surface area contributed by atoms with Crippen molar-refractivity contribution < 1.29 is 22.9 Å². The molecular weight excluding hydrogens is 416 g/mol. The number of hydrogen-bond acceptors (Lipinski definition) is 4. The number of nitrogens with one attached hydrogen (secondary N) is 2. The summed E-state index contributed by atoms with van der Waals surface area (Å²) in [4.78, 5) is 27.4. The van der Waals surface area contributed by atoms with Gasteiger partial charge in [-0.3, -0.25) is 14.5 Å². The van der Waals surface area contributed by atoms with Crippen LogP contribution in [0.1, 0.15) is 5.56 Å². The van der Waals surface area contributed by atoms with Crippen molar-refractivity contribution in [2.24, 2.45) is 0 Å². The molecule has 0 unspecified atom stereocenters. The number of carbonyl (C=O) groups is 2. The number of piperazine rings is 1. The molecule has 2 aliphatic heterocycles. The third-order valence-electron chi connectivity index (χ3n) is 5.49. The molecule has 0 radical (unpaired) electrons. The van der Waals surface area contributed by atoms with Crippen LogP contribution in [0.3, 0.4) is 0 Å². The van der Waals surface area contributed by atoms with Crippen LogP contribution in [0.2, 0.25) is 0 Å². The van der Waals surface area contributed by atoms with Crippen molar-refractivity contribution in [3.8, 4) is 0 Å². The van der Waals surface area contributed by atoms with Crippen molar-refractivity contribution >= 4 is 39.3 Å². The fraction of sp³-hybridized carbons (Fsp3) is 0.273. The number of amides is 2. The van der Waals surface area contributed by atoms with E-state index < -0.39 is 10.0 Å². The van der Waals surface area contributed by atoms with Gasteiger partial charge in [-0.2, -0.15) is 4.31 Å². The Bertz CT molecular complexity index is 1090. The normalized spacial score (nSPS) is 18.1. The van der Waals surface area contributed by atoms with Gasteiger partial charge in [0.2, 0.25) is 15.9 Å². The Balaban J connectivity index is 1.35. The van der Waals surface area contributed by atoms with Gasteiger partial charge in [0.05, 0.1) is 37.6 Å². The molecule has 1 fully saturated rings. The predicted octanol–water partition coefficient (Wildman–Crippen LogP) is 0.173. The number of para-hydroxylation sites is 2. The van der Waals surface area contributed by atoms with E-state index in [1.165, 1.54) is 14.6 Å². The third-order valence-corrected chi connectivity index (χ3v) is 7.06. The monoisotopic (exact) mass is 441 g/mol. The van der Waals surface area contributed by atoms with Gasteiger partial charge >= 0.3 is 0 Å². The predicted molar refractivity (Wildman–Crippen MR) is 119 cm³/mol. The zero-order valence-electron chi connectivity index (χ0n) is 17.0. The molecule has 4 rings (SSSR count). The van der Waals surface area contributed by atoms with E-state index in [0.29, 0.717) is 37.6 Å². The second kappa shape index (κ2) is 9.01. The number of nitrogens with zero attached hydrogens (tertiary/aromatic N) is 2. The lowest BCUT2D eigenvalue weighted by molar-refractivity contribution is -0.895. The van der Waals surface area contributed by atoms with Gasteiger partial charge in [-0.15, -0.1) is 0 Å². The number of hydrogen-bond donors (Lipinski definition) is 2. The first-order valence-electron chi connectivity index (χ1n) is 10.2. The molecule has 2 N–H and O–H groups in total. The SMILES string of the molecule is O=C1CN(C(=O)C[NH+]2CCN(S(=O)(=O)/C=C/c3ccccc3)CC2)c2ccccc2N1. The molecule has 2 aliphatic rings. The van der Waals surface area contributed by atoms with Crippen molar-refractivity contribution in [3.05, 3.63) is 65.6 Å². The number of benzene rings is 2. The van der Waals surface area contributed by atoms with Crippen LogP contribution in [-0.2, 0) is 19.6 Å². The zero-order chi connectivity index (χ0) is 21.8. The molecule has 2 aromatic rings. The average molecular weight is 442 g/mol. The van der Waals surface area contributed by atoms with Crippen molar-refractivity contribution in [1.82, 2.24) is 4.31 Å². The number of rotatable bonds is 5. The van der Waals surface area contributed by atoms with Crippen molar-refractivity contribution in [1.29, 1.82) is 0 Å². The van der Waals surface area contributed by atoms with Crippen LogP contribution in [0.5, 0.6) is 0 Å². The summed E-state index contributed by atoms with van der Waals surface area (Å²) < 4.78 is 26.7. The molecule has 2 heterocycles. The second-order valence-corrected chi connectivity index (χ2v) is 9.45. The van der Waals surface area contributed by atoms with E-state index in [9.17, 15) is 18.0 Å². The highest BCUT2D eigenvalue weighted by Crippen LogP contribution is 2.28. The lowest BCUT2D eigenvalue weighted by atomic mass is 10.2. The Morgan fingerprint density at radius 3 is 2.45 bits per heavy atom. The highest BCUT2D eigenvalue weighted by atomic mass is 32.2. The Morgan fingerprint density at radius 1 is 1.03 bits per heavy atom. The highest BCUT2D eigenvalue weighted by molar-refractivity contribution is 7.92. The molecule has 0 spiro atoms. The van der Waals surface area contributed by atoms with Crippen LogP contribution in [0.4, 0.5) is 11.4 Å². The Morgan fingerprint density at radius 2 is 1.71 bits per heavy atom. The van der Waals surface area contributed by atoms with E-state index in [0.717, 1.165) is 10.5 Å². The van der Waals surface area contributed by atoms with Crippen molar-refractivity contribution in [2.45, 2.75) is 0 Å². The first-order valence-corrected chi connectivity index (χ1v) is 11.7. The summed E-state index contributed by atoms with van der Waals surface area (Å²) in [6.45, 7) is 1.98. The van der Waals surface area contributed by atoms with Gasteiger partial charge in [-0.05, 0) is 23.8 Å². The molecule has 162 valence electrons. The smallest absolute Gasteiger partial charge is 0.282 e. The van der Waals surface area contributed by atoms with E-state index in [-0.39, 0.29) is 24.9 Å². The molecule has 0 atom stereocenters. The van der Waals surface area contributed by atoms with Crippen LogP contribution in [-0.4, -0.2) is 63.8 Å². The summed E-state index contributed by atoms with van der Waals surface area (Å²) in [7, 11) is -3.51. The van der Waals surface area contributed by atoms with Gasteiger partial charge in [-0.25, -0.2) is 8.42 Å². The fourth-order valence-electron chi connectivity index (χ4n) is 3.81. The average Bonchev–Trinajstić information content (AvgIpc) is 2.78. The van der Waals surface area contributed by atoms with Crippen LogP contribution in [0.15, 0.2) is 60.0 Å². The first-order chi connectivity index (χ1) is 14.9. The minimum absolute atomic E-state index is 0.00604. The molecular formula is C22H25N4O4S+. The van der Waals surface area contributed by atoms with Gasteiger partial charge in [0.15, 0.2) is 6.54 Å². The number of fused-ring (bicyclic) bond motifs is 1. The lowest BCUT2D eigenvalue weighted by Crippen LogP contribution is -3.15. The summed E-state index contributed by atoms with van der Waals surface area (Å²) >= 11 is 0. The van der Waals surface area contributed by atoms with Gasteiger partial charge in [0.1, 0.15) is 6.54 Å². The minimum Gasteiger partial charge on any atom is -0.325 e. The van der Waals surface area contributed by atoms with E-state index in [1.807, 2.05) is 48.5 Å². The van der Waals surface area contributed by atoms with Crippen LogP contribution < -0.4 is 15.1 Å². The molecule has 31 heavy (non-hydrogen) atoms. The van der Waals surface area contributed by atoms with Gasteiger partial charge in [-0.1, -0.05) is 42.5 Å². The van der Waals surface area contributed by atoms with Crippen molar-refractivity contribution in [3.63, 3.8) is 0 Å². The Kier molecular flexibility index (Phi) is 6.17. The Labute approximate surface area is 181 Å². The fourth-order valence-corrected chi connectivity index (χ4v) is 5.01. The van der Waals surface area contributed by atoms with Gasteiger partial charge in [0, 0.05) is 5.41 Å². The molecule has 2 aromatic carbocycles. The van der Waals surface area contributed by atoms with E-state index in [1.54, 1.807) is 12.1 Å². The molecule has 0 aliphatic carbocycles. The maximum absolute atomic E-state index is 12.9.